The van der Waals surface area contributed by atoms with Crippen molar-refractivity contribution in [2.24, 2.45) is 4.99 Å². The molecular weight excluding hydrogens is 484 g/mol. The molecule has 5 aromatic rings. The van der Waals surface area contributed by atoms with Gasteiger partial charge in [0.2, 0.25) is 0 Å². The summed E-state index contributed by atoms with van der Waals surface area (Å²) >= 11 is 0. The standard InChI is InChI=1S/C33H28N4O2/c38-32(36-20-17-26-9-4-5-18-34-26)25-15-16-29-28(21-25)30(31(37-29)27-10-6-19-35-33(27)39)24-13-11-23(12-14-24)22-7-2-1-3-8-22/h1-3,6-16,18-19,21,37H,4-5,17,20H2,(H,35,39)(H,36,38). The van der Waals surface area contributed by atoms with Gasteiger partial charge in [-0.3, -0.25) is 14.6 Å². The molecule has 0 spiro atoms. The fraction of sp³-hybridized carbons (Fsp3) is 0.121. The summed E-state index contributed by atoms with van der Waals surface area (Å²) in [6.07, 6.45) is 8.36. The number of carbonyl (C=O) groups is 1. The lowest BCUT2D eigenvalue weighted by atomic mass is 9.96. The second-order valence-corrected chi connectivity index (χ2v) is 9.58. The zero-order chi connectivity index (χ0) is 26.6. The summed E-state index contributed by atoms with van der Waals surface area (Å²) in [5.41, 5.74) is 7.61. The van der Waals surface area contributed by atoms with Gasteiger partial charge in [-0.15, -0.1) is 0 Å². The van der Waals surface area contributed by atoms with Crippen molar-refractivity contribution in [3.05, 3.63) is 119 Å². The third kappa shape index (κ3) is 5.09. The Morgan fingerprint density at radius 3 is 2.44 bits per heavy atom. The van der Waals surface area contributed by atoms with E-state index in [1.807, 2.05) is 48.7 Å². The number of benzene rings is 3. The van der Waals surface area contributed by atoms with Crippen molar-refractivity contribution in [3.63, 3.8) is 0 Å². The molecule has 1 aliphatic rings. The van der Waals surface area contributed by atoms with Crippen molar-refractivity contribution in [1.82, 2.24) is 15.3 Å². The predicted molar refractivity (Wildman–Crippen MR) is 158 cm³/mol. The first-order valence-corrected chi connectivity index (χ1v) is 13.2. The molecule has 3 aromatic carbocycles. The third-order valence-corrected chi connectivity index (χ3v) is 7.03. The zero-order valence-corrected chi connectivity index (χ0v) is 21.4. The van der Waals surface area contributed by atoms with Crippen LogP contribution < -0.4 is 10.9 Å². The fourth-order valence-electron chi connectivity index (χ4n) is 5.05. The van der Waals surface area contributed by atoms with Crippen molar-refractivity contribution >= 4 is 23.0 Å². The fourth-order valence-corrected chi connectivity index (χ4v) is 5.05. The van der Waals surface area contributed by atoms with Gasteiger partial charge in [-0.1, -0.05) is 60.7 Å². The minimum Gasteiger partial charge on any atom is -0.354 e. The molecule has 0 radical (unpaired) electrons. The number of aromatic nitrogens is 2. The van der Waals surface area contributed by atoms with E-state index in [4.69, 9.17) is 0 Å². The maximum atomic E-state index is 13.1. The number of hydrogen-bond donors (Lipinski definition) is 3. The van der Waals surface area contributed by atoms with Crippen LogP contribution in [-0.2, 0) is 0 Å². The number of allylic oxidation sites excluding steroid dienone is 1. The Labute approximate surface area is 226 Å². The molecule has 2 aromatic heterocycles. The van der Waals surface area contributed by atoms with Gasteiger partial charge < -0.3 is 15.3 Å². The van der Waals surface area contributed by atoms with Gasteiger partial charge in [-0.05, 0) is 59.9 Å². The van der Waals surface area contributed by atoms with Crippen molar-refractivity contribution in [2.75, 3.05) is 6.54 Å². The Bertz CT molecular complexity index is 1760. The summed E-state index contributed by atoms with van der Waals surface area (Å²) in [6.45, 7) is 0.519. The lowest BCUT2D eigenvalue weighted by Gasteiger charge is -2.09. The highest BCUT2D eigenvalue weighted by molar-refractivity contribution is 6.07. The number of nitrogens with zero attached hydrogens (tertiary/aromatic N) is 1. The van der Waals surface area contributed by atoms with Gasteiger partial charge >= 0.3 is 0 Å². The minimum absolute atomic E-state index is 0.136. The van der Waals surface area contributed by atoms with E-state index in [1.54, 1.807) is 12.3 Å². The molecule has 3 heterocycles. The Kier molecular flexibility index (Phi) is 6.75. The molecular formula is C33H28N4O2. The number of hydrogen-bond acceptors (Lipinski definition) is 3. The number of H-pyrrole nitrogens is 2. The first kappa shape index (κ1) is 24.4. The van der Waals surface area contributed by atoms with Crippen LogP contribution in [-0.4, -0.2) is 28.6 Å². The van der Waals surface area contributed by atoms with Crippen LogP contribution in [0.3, 0.4) is 0 Å². The van der Waals surface area contributed by atoms with Gasteiger partial charge in [-0.25, -0.2) is 0 Å². The summed E-state index contributed by atoms with van der Waals surface area (Å²) in [5, 5.41) is 3.91. The van der Waals surface area contributed by atoms with Gasteiger partial charge in [0, 0.05) is 53.1 Å². The van der Waals surface area contributed by atoms with E-state index >= 15 is 0 Å². The van der Waals surface area contributed by atoms with Crippen molar-refractivity contribution < 1.29 is 4.79 Å². The average Bonchev–Trinajstić information content (AvgIpc) is 3.37. The Hall–Kier alpha value is -4.97. The van der Waals surface area contributed by atoms with Crippen LogP contribution in [0.2, 0.25) is 0 Å². The van der Waals surface area contributed by atoms with Gasteiger partial charge in [0.05, 0.1) is 11.3 Å². The molecule has 0 bridgehead atoms. The highest BCUT2D eigenvalue weighted by Gasteiger charge is 2.19. The number of rotatable bonds is 7. The van der Waals surface area contributed by atoms with Crippen LogP contribution in [0.25, 0.3) is 44.4 Å². The number of aliphatic imine (C=N–C) groups is 1. The Morgan fingerprint density at radius 2 is 1.67 bits per heavy atom. The van der Waals surface area contributed by atoms with Crippen molar-refractivity contribution in [2.45, 2.75) is 19.3 Å². The third-order valence-electron chi connectivity index (χ3n) is 7.03. The van der Waals surface area contributed by atoms with E-state index in [0.717, 1.165) is 57.4 Å². The number of carbonyl (C=O) groups excluding carboxylic acids is 1. The highest BCUT2D eigenvalue weighted by Crippen LogP contribution is 2.38. The van der Waals surface area contributed by atoms with Gasteiger partial charge in [0.1, 0.15) is 0 Å². The van der Waals surface area contributed by atoms with E-state index < -0.39 is 0 Å². The smallest absolute Gasteiger partial charge is 0.257 e. The normalized spacial score (nSPS) is 12.9. The van der Waals surface area contributed by atoms with Gasteiger partial charge in [0.25, 0.3) is 11.5 Å². The van der Waals surface area contributed by atoms with E-state index in [2.05, 4.69) is 62.8 Å². The second-order valence-electron chi connectivity index (χ2n) is 9.58. The van der Waals surface area contributed by atoms with Crippen LogP contribution in [0.5, 0.6) is 0 Å². The lowest BCUT2D eigenvalue weighted by molar-refractivity contribution is 0.0954. The molecule has 0 saturated heterocycles. The topological polar surface area (TPSA) is 90.1 Å². The molecule has 6 rings (SSSR count). The quantitative estimate of drug-likeness (QED) is 0.226. The molecule has 1 amide bonds. The number of amides is 1. The second kappa shape index (κ2) is 10.8. The predicted octanol–water partition coefficient (Wildman–Crippen LogP) is 6.73. The first-order chi connectivity index (χ1) is 19.2. The average molecular weight is 513 g/mol. The van der Waals surface area contributed by atoms with Crippen LogP contribution in [0.1, 0.15) is 29.6 Å². The molecule has 6 heteroatoms. The summed E-state index contributed by atoms with van der Waals surface area (Å²) in [4.78, 5) is 36.5. The molecule has 1 aliphatic heterocycles. The number of fused-ring (bicyclic) bond motifs is 1. The van der Waals surface area contributed by atoms with E-state index in [9.17, 15) is 9.59 Å². The zero-order valence-electron chi connectivity index (χ0n) is 21.4. The monoisotopic (exact) mass is 512 g/mol. The van der Waals surface area contributed by atoms with Crippen LogP contribution >= 0.6 is 0 Å². The molecule has 0 unspecified atom stereocenters. The van der Waals surface area contributed by atoms with Crippen LogP contribution in [0.4, 0.5) is 0 Å². The van der Waals surface area contributed by atoms with Gasteiger partial charge in [0.15, 0.2) is 0 Å². The lowest BCUT2D eigenvalue weighted by Crippen LogP contribution is -2.24. The molecule has 39 heavy (non-hydrogen) atoms. The first-order valence-electron chi connectivity index (χ1n) is 13.2. The van der Waals surface area contributed by atoms with E-state index in [-0.39, 0.29) is 11.5 Å². The summed E-state index contributed by atoms with van der Waals surface area (Å²) in [7, 11) is 0. The Morgan fingerprint density at radius 1 is 0.872 bits per heavy atom. The van der Waals surface area contributed by atoms with Gasteiger partial charge in [-0.2, -0.15) is 0 Å². The highest BCUT2D eigenvalue weighted by atomic mass is 16.1. The van der Waals surface area contributed by atoms with E-state index in [0.29, 0.717) is 24.1 Å². The maximum Gasteiger partial charge on any atom is 0.257 e. The number of pyridine rings is 1. The summed E-state index contributed by atoms with van der Waals surface area (Å²) < 4.78 is 0. The Balaban J connectivity index is 1.38. The number of aromatic amines is 2. The number of nitrogens with one attached hydrogen (secondary N) is 3. The molecule has 0 fully saturated rings. The molecule has 6 nitrogen and oxygen atoms in total. The summed E-state index contributed by atoms with van der Waals surface area (Å²) in [6, 6.07) is 27.8. The van der Waals surface area contributed by atoms with Crippen LogP contribution in [0, 0.1) is 0 Å². The van der Waals surface area contributed by atoms with E-state index in [1.165, 1.54) is 0 Å². The largest absolute Gasteiger partial charge is 0.354 e. The van der Waals surface area contributed by atoms with Crippen LogP contribution in [0.15, 0.2) is 113 Å². The minimum atomic E-state index is -0.177. The van der Waals surface area contributed by atoms with Crippen molar-refractivity contribution in [3.8, 4) is 33.5 Å². The molecule has 3 N–H and O–H groups in total. The molecule has 192 valence electrons. The summed E-state index contributed by atoms with van der Waals surface area (Å²) in [5.74, 6) is -0.136. The maximum absolute atomic E-state index is 13.1. The SMILES string of the molecule is O=C(NCCC1=CCCC=N1)c1ccc2[nH]c(-c3ccc[nH]c3=O)c(-c3ccc(-c4ccccc4)cc3)c2c1. The molecule has 0 aliphatic carbocycles. The molecule has 0 atom stereocenters. The van der Waals surface area contributed by atoms with Crippen molar-refractivity contribution in [1.29, 1.82) is 0 Å². The molecule has 0 saturated carbocycles.